The Morgan fingerprint density at radius 3 is 2.25 bits per heavy atom. The van der Waals surface area contributed by atoms with E-state index >= 15 is 0 Å². The summed E-state index contributed by atoms with van der Waals surface area (Å²) in [4.78, 5) is 0. The Morgan fingerprint density at radius 1 is 1.06 bits per heavy atom. The number of hydrogen-bond acceptors (Lipinski definition) is 2. The van der Waals surface area contributed by atoms with Crippen molar-refractivity contribution in [3.05, 3.63) is 0 Å². The molecule has 2 unspecified atom stereocenters. The van der Waals surface area contributed by atoms with Crippen molar-refractivity contribution in [2.75, 3.05) is 11.5 Å². The average molecular weight is 258 g/mol. The van der Waals surface area contributed by atoms with E-state index in [-0.39, 0.29) is 0 Å². The van der Waals surface area contributed by atoms with E-state index in [1.165, 1.54) is 43.6 Å². The molecule has 1 aliphatic carbocycles. The molecule has 2 atom stereocenters. The molecular weight excluding hydrogens is 232 g/mol. The van der Waals surface area contributed by atoms with E-state index in [2.05, 4.69) is 44.3 Å². The standard InChI is InChI=1S/C14H26S2/c1-11(2)13-7-6-12(3)10-14(13)15-8-4-5-9-16-14/h11-13H,4-10H2,1-3H3. The van der Waals surface area contributed by atoms with Crippen LogP contribution in [0.3, 0.4) is 0 Å². The van der Waals surface area contributed by atoms with E-state index in [9.17, 15) is 0 Å². The monoisotopic (exact) mass is 258 g/mol. The average Bonchev–Trinajstić information content (AvgIpc) is 2.43. The molecule has 0 N–H and O–H groups in total. The minimum atomic E-state index is 0.586. The molecule has 0 amide bonds. The summed E-state index contributed by atoms with van der Waals surface area (Å²) in [5.41, 5.74) is 0. The molecule has 0 aromatic heterocycles. The lowest BCUT2D eigenvalue weighted by atomic mass is 9.76. The first-order chi connectivity index (χ1) is 7.64. The first-order valence-corrected chi connectivity index (χ1v) is 8.89. The summed E-state index contributed by atoms with van der Waals surface area (Å²) >= 11 is 4.62. The molecule has 0 aromatic carbocycles. The van der Waals surface area contributed by atoms with E-state index in [4.69, 9.17) is 0 Å². The molecule has 2 fully saturated rings. The SMILES string of the molecule is CC1CCC(C(C)C)C2(C1)SCCCCS2. The van der Waals surface area contributed by atoms with Crippen LogP contribution in [0.1, 0.15) is 52.9 Å². The van der Waals surface area contributed by atoms with Gasteiger partial charge in [0.05, 0.1) is 4.08 Å². The fourth-order valence-electron chi connectivity index (χ4n) is 3.33. The van der Waals surface area contributed by atoms with Crippen molar-refractivity contribution >= 4 is 23.5 Å². The van der Waals surface area contributed by atoms with E-state index < -0.39 is 0 Å². The van der Waals surface area contributed by atoms with Crippen molar-refractivity contribution < 1.29 is 0 Å². The van der Waals surface area contributed by atoms with Crippen LogP contribution >= 0.6 is 23.5 Å². The Morgan fingerprint density at radius 2 is 1.69 bits per heavy atom. The van der Waals surface area contributed by atoms with Crippen molar-refractivity contribution in [3.8, 4) is 0 Å². The van der Waals surface area contributed by atoms with Gasteiger partial charge in [-0.15, -0.1) is 23.5 Å². The predicted octanol–water partition coefficient (Wildman–Crippen LogP) is 5.04. The molecule has 0 bridgehead atoms. The zero-order valence-electron chi connectivity index (χ0n) is 11.0. The van der Waals surface area contributed by atoms with Crippen molar-refractivity contribution in [1.29, 1.82) is 0 Å². The minimum absolute atomic E-state index is 0.586. The highest BCUT2D eigenvalue weighted by atomic mass is 32.2. The van der Waals surface area contributed by atoms with Crippen LogP contribution in [0.5, 0.6) is 0 Å². The first kappa shape index (κ1) is 13.1. The Kier molecular flexibility index (Phi) is 4.57. The van der Waals surface area contributed by atoms with Gasteiger partial charge in [-0.3, -0.25) is 0 Å². The zero-order chi connectivity index (χ0) is 11.6. The predicted molar refractivity (Wildman–Crippen MR) is 78.2 cm³/mol. The Labute approximate surface area is 110 Å². The van der Waals surface area contributed by atoms with E-state index in [1.54, 1.807) is 0 Å². The Balaban J connectivity index is 2.16. The summed E-state index contributed by atoms with van der Waals surface area (Å²) < 4.78 is 0.586. The van der Waals surface area contributed by atoms with Crippen LogP contribution in [-0.2, 0) is 0 Å². The van der Waals surface area contributed by atoms with Crippen LogP contribution in [0.4, 0.5) is 0 Å². The van der Waals surface area contributed by atoms with Gasteiger partial charge in [0.25, 0.3) is 0 Å². The largest absolute Gasteiger partial charge is 0.144 e. The van der Waals surface area contributed by atoms with Gasteiger partial charge in [-0.2, -0.15) is 0 Å². The summed E-state index contributed by atoms with van der Waals surface area (Å²) in [6.45, 7) is 7.34. The molecule has 2 heteroatoms. The van der Waals surface area contributed by atoms with Crippen molar-refractivity contribution in [1.82, 2.24) is 0 Å². The molecule has 0 nitrogen and oxygen atoms in total. The number of hydrogen-bond donors (Lipinski definition) is 0. The summed E-state index contributed by atoms with van der Waals surface area (Å²) in [6, 6.07) is 0. The molecule has 2 aliphatic rings. The van der Waals surface area contributed by atoms with Crippen LogP contribution in [0, 0.1) is 17.8 Å². The maximum absolute atomic E-state index is 2.46. The molecule has 1 saturated heterocycles. The van der Waals surface area contributed by atoms with Crippen LogP contribution in [0.25, 0.3) is 0 Å². The molecule has 0 radical (unpaired) electrons. The van der Waals surface area contributed by atoms with Crippen LogP contribution in [0.15, 0.2) is 0 Å². The fourth-order valence-corrected chi connectivity index (χ4v) is 7.57. The lowest BCUT2D eigenvalue weighted by Crippen LogP contribution is -2.40. The quantitative estimate of drug-likeness (QED) is 0.646. The Hall–Kier alpha value is 0.700. The van der Waals surface area contributed by atoms with Crippen LogP contribution < -0.4 is 0 Å². The zero-order valence-corrected chi connectivity index (χ0v) is 12.6. The van der Waals surface area contributed by atoms with Gasteiger partial charge in [0.1, 0.15) is 0 Å². The number of thioether (sulfide) groups is 2. The maximum atomic E-state index is 2.46. The van der Waals surface area contributed by atoms with Gasteiger partial charge >= 0.3 is 0 Å². The highest BCUT2D eigenvalue weighted by molar-refractivity contribution is 8.18. The summed E-state index contributed by atoms with van der Waals surface area (Å²) in [5, 5.41) is 0. The third-order valence-electron chi connectivity index (χ3n) is 4.20. The van der Waals surface area contributed by atoms with E-state index in [0.717, 1.165) is 17.8 Å². The van der Waals surface area contributed by atoms with E-state index in [1.807, 2.05) is 0 Å². The van der Waals surface area contributed by atoms with Gasteiger partial charge in [0.2, 0.25) is 0 Å². The second-order valence-corrected chi connectivity index (χ2v) is 9.06. The maximum Gasteiger partial charge on any atom is 0.0644 e. The molecule has 1 heterocycles. The first-order valence-electron chi connectivity index (χ1n) is 6.92. The van der Waals surface area contributed by atoms with Gasteiger partial charge in [-0.1, -0.05) is 27.2 Å². The highest BCUT2D eigenvalue weighted by Crippen LogP contribution is 2.56. The molecule has 0 aromatic rings. The summed E-state index contributed by atoms with van der Waals surface area (Å²) in [6.07, 6.45) is 7.28. The van der Waals surface area contributed by atoms with Gasteiger partial charge in [-0.05, 0) is 54.9 Å². The third kappa shape index (κ3) is 2.75. The van der Waals surface area contributed by atoms with Gasteiger partial charge in [0.15, 0.2) is 0 Å². The van der Waals surface area contributed by atoms with Crippen molar-refractivity contribution in [2.45, 2.75) is 57.0 Å². The molecule has 16 heavy (non-hydrogen) atoms. The molecule has 2 rings (SSSR count). The normalized spacial score (nSPS) is 35.2. The smallest absolute Gasteiger partial charge is 0.0644 e. The second kappa shape index (κ2) is 5.56. The minimum Gasteiger partial charge on any atom is -0.144 e. The van der Waals surface area contributed by atoms with Gasteiger partial charge in [0, 0.05) is 0 Å². The molecular formula is C14H26S2. The van der Waals surface area contributed by atoms with Crippen LogP contribution in [-0.4, -0.2) is 15.6 Å². The third-order valence-corrected chi connectivity index (χ3v) is 7.81. The lowest BCUT2D eigenvalue weighted by Gasteiger charge is -2.47. The van der Waals surface area contributed by atoms with Crippen LogP contribution in [0.2, 0.25) is 0 Å². The van der Waals surface area contributed by atoms with Crippen molar-refractivity contribution in [2.24, 2.45) is 17.8 Å². The van der Waals surface area contributed by atoms with E-state index in [0.29, 0.717) is 4.08 Å². The second-order valence-electron chi connectivity index (χ2n) is 5.95. The van der Waals surface area contributed by atoms with Gasteiger partial charge in [-0.25, -0.2) is 0 Å². The highest BCUT2D eigenvalue weighted by Gasteiger charge is 2.45. The Bertz CT molecular complexity index is 217. The lowest BCUT2D eigenvalue weighted by molar-refractivity contribution is 0.227. The molecule has 1 spiro atoms. The fraction of sp³-hybridized carbons (Fsp3) is 1.00. The topological polar surface area (TPSA) is 0 Å². The van der Waals surface area contributed by atoms with Gasteiger partial charge < -0.3 is 0 Å². The summed E-state index contributed by atoms with van der Waals surface area (Å²) in [5.74, 6) is 5.58. The molecule has 94 valence electrons. The number of rotatable bonds is 1. The van der Waals surface area contributed by atoms with Crippen molar-refractivity contribution in [3.63, 3.8) is 0 Å². The summed E-state index contributed by atoms with van der Waals surface area (Å²) in [7, 11) is 0. The molecule has 1 aliphatic heterocycles. The molecule has 1 saturated carbocycles.